The summed E-state index contributed by atoms with van der Waals surface area (Å²) in [5.41, 5.74) is 6.52. The van der Waals surface area contributed by atoms with Crippen molar-refractivity contribution in [3.63, 3.8) is 0 Å². The van der Waals surface area contributed by atoms with Gasteiger partial charge in [0.2, 0.25) is 0 Å². The molecule has 2 atom stereocenters. The molecular weight excluding hydrogens is 242 g/mol. The van der Waals surface area contributed by atoms with Gasteiger partial charge in [0.25, 0.3) is 0 Å². The van der Waals surface area contributed by atoms with E-state index in [9.17, 15) is 4.21 Å². The summed E-state index contributed by atoms with van der Waals surface area (Å²) in [5.74, 6) is 1.18. The van der Waals surface area contributed by atoms with Gasteiger partial charge in [0, 0.05) is 40.4 Å². The molecule has 2 N–H and O–H groups in total. The van der Waals surface area contributed by atoms with Crippen LogP contribution in [0.5, 0.6) is 0 Å². The van der Waals surface area contributed by atoms with Gasteiger partial charge in [-0.15, -0.1) is 11.3 Å². The van der Waals surface area contributed by atoms with E-state index in [4.69, 9.17) is 5.73 Å². The lowest BCUT2D eigenvalue weighted by atomic mass is 10.3. The molecule has 0 saturated carbocycles. The number of fused-ring (bicyclic) bond motifs is 1. The predicted octanol–water partition coefficient (Wildman–Crippen LogP) is 1.38. The van der Waals surface area contributed by atoms with E-state index < -0.39 is 10.8 Å². The van der Waals surface area contributed by atoms with Crippen LogP contribution >= 0.6 is 11.3 Å². The minimum Gasteiger partial charge on any atom is -0.328 e. The Morgan fingerprint density at radius 3 is 3.19 bits per heavy atom. The summed E-state index contributed by atoms with van der Waals surface area (Å²) >= 11 is 1.59. The van der Waals surface area contributed by atoms with Crippen LogP contribution in [0.3, 0.4) is 0 Å². The minimum absolute atomic E-state index is 0.120. The topological polar surface area (TPSA) is 60.4 Å². The minimum atomic E-state index is -0.854. The van der Waals surface area contributed by atoms with Crippen LogP contribution in [-0.2, 0) is 16.6 Å². The Hall–Kier alpha value is -0.720. The van der Waals surface area contributed by atoms with Gasteiger partial charge in [-0.05, 0) is 13.3 Å². The monoisotopic (exact) mass is 257 g/mol. The first-order valence-corrected chi connectivity index (χ1v) is 7.53. The van der Waals surface area contributed by atoms with Gasteiger partial charge in [-0.25, -0.2) is 4.98 Å². The van der Waals surface area contributed by atoms with Crippen LogP contribution in [0.1, 0.15) is 19.0 Å². The fraction of sp³-hybridized carbons (Fsp3) is 0.500. The van der Waals surface area contributed by atoms with Gasteiger partial charge in [0.05, 0.1) is 11.4 Å². The number of hydrogen-bond donors (Lipinski definition) is 1. The Kier molecular flexibility index (Phi) is 3.73. The standard InChI is InChI=1S/C10H15N3OS2/c1-8(11)2-5-16(14)7-9-6-13-3-4-15-10(13)12-9/h3-4,6,8H,2,5,7,11H2,1H3. The van der Waals surface area contributed by atoms with Crippen molar-refractivity contribution in [2.75, 3.05) is 5.75 Å². The van der Waals surface area contributed by atoms with Gasteiger partial charge in [-0.2, -0.15) is 0 Å². The summed E-state index contributed by atoms with van der Waals surface area (Å²) in [6.07, 6.45) is 4.70. The Labute approximate surface area is 101 Å². The number of rotatable bonds is 5. The van der Waals surface area contributed by atoms with E-state index in [1.165, 1.54) is 0 Å². The molecule has 4 nitrogen and oxygen atoms in total. The van der Waals surface area contributed by atoms with Crippen molar-refractivity contribution in [3.8, 4) is 0 Å². The largest absolute Gasteiger partial charge is 0.328 e. The molecule has 2 heterocycles. The van der Waals surface area contributed by atoms with Crippen LogP contribution in [0, 0.1) is 0 Å². The molecule has 2 aromatic rings. The molecule has 6 heteroatoms. The average Bonchev–Trinajstić information content (AvgIpc) is 2.74. The Morgan fingerprint density at radius 1 is 1.69 bits per heavy atom. The van der Waals surface area contributed by atoms with Gasteiger partial charge < -0.3 is 5.73 Å². The molecule has 0 fully saturated rings. The van der Waals surface area contributed by atoms with Crippen molar-refractivity contribution in [2.45, 2.75) is 25.1 Å². The van der Waals surface area contributed by atoms with Crippen molar-refractivity contribution < 1.29 is 4.21 Å². The predicted molar refractivity (Wildman–Crippen MR) is 68.0 cm³/mol. The quantitative estimate of drug-likeness (QED) is 0.880. The summed E-state index contributed by atoms with van der Waals surface area (Å²) in [5, 5.41) is 1.99. The maximum Gasteiger partial charge on any atom is 0.193 e. The second-order valence-corrected chi connectivity index (χ2v) is 6.33. The molecule has 0 bridgehead atoms. The zero-order chi connectivity index (χ0) is 11.5. The Morgan fingerprint density at radius 2 is 2.50 bits per heavy atom. The van der Waals surface area contributed by atoms with E-state index in [1.54, 1.807) is 11.3 Å². The van der Waals surface area contributed by atoms with Crippen LogP contribution in [0.15, 0.2) is 17.8 Å². The molecular formula is C10H15N3OS2. The molecule has 2 rings (SSSR count). The third kappa shape index (κ3) is 2.90. The van der Waals surface area contributed by atoms with E-state index in [-0.39, 0.29) is 6.04 Å². The molecule has 0 radical (unpaired) electrons. The fourth-order valence-corrected chi connectivity index (χ4v) is 3.37. The maximum absolute atomic E-state index is 11.7. The van der Waals surface area contributed by atoms with Gasteiger partial charge in [0.15, 0.2) is 4.96 Å². The molecule has 0 saturated heterocycles. The summed E-state index contributed by atoms with van der Waals surface area (Å²) < 4.78 is 13.7. The first-order valence-electron chi connectivity index (χ1n) is 5.17. The summed E-state index contributed by atoms with van der Waals surface area (Å²) in [4.78, 5) is 5.35. The van der Waals surface area contributed by atoms with Crippen LogP contribution in [-0.4, -0.2) is 25.4 Å². The van der Waals surface area contributed by atoms with Crippen molar-refractivity contribution in [2.24, 2.45) is 5.73 Å². The van der Waals surface area contributed by atoms with E-state index >= 15 is 0 Å². The zero-order valence-corrected chi connectivity index (χ0v) is 10.8. The lowest BCUT2D eigenvalue weighted by Gasteiger charge is -2.03. The summed E-state index contributed by atoms with van der Waals surface area (Å²) in [6.45, 7) is 1.93. The summed E-state index contributed by atoms with van der Waals surface area (Å²) in [7, 11) is -0.854. The first kappa shape index (κ1) is 11.8. The smallest absolute Gasteiger partial charge is 0.193 e. The number of aromatic nitrogens is 2. The number of imidazole rings is 1. The van der Waals surface area contributed by atoms with Gasteiger partial charge in [-0.3, -0.25) is 8.61 Å². The lowest BCUT2D eigenvalue weighted by molar-refractivity contribution is 0.667. The highest BCUT2D eigenvalue weighted by Crippen LogP contribution is 2.12. The molecule has 2 aromatic heterocycles. The molecule has 0 aliphatic heterocycles. The van der Waals surface area contributed by atoms with Crippen LogP contribution in [0.2, 0.25) is 0 Å². The van der Waals surface area contributed by atoms with Gasteiger partial charge in [-0.1, -0.05) is 0 Å². The second-order valence-electron chi connectivity index (χ2n) is 3.88. The van der Waals surface area contributed by atoms with E-state index in [1.807, 2.05) is 29.1 Å². The van der Waals surface area contributed by atoms with Crippen LogP contribution < -0.4 is 5.73 Å². The molecule has 0 aliphatic carbocycles. The number of thiazole rings is 1. The molecule has 0 spiro atoms. The lowest BCUT2D eigenvalue weighted by Crippen LogP contribution is -2.18. The SMILES string of the molecule is CC(N)CCS(=O)Cc1cn2ccsc2n1. The Balaban J connectivity index is 1.94. The third-order valence-corrected chi connectivity index (χ3v) is 4.33. The maximum atomic E-state index is 11.7. The van der Waals surface area contributed by atoms with Gasteiger partial charge in [0.1, 0.15) is 0 Å². The highest BCUT2D eigenvalue weighted by molar-refractivity contribution is 7.84. The third-order valence-electron chi connectivity index (χ3n) is 2.25. The fourth-order valence-electron chi connectivity index (χ4n) is 1.40. The Bertz CT molecular complexity index is 460. The number of nitrogens with two attached hydrogens (primary N) is 1. The van der Waals surface area contributed by atoms with Crippen molar-refractivity contribution in [1.29, 1.82) is 0 Å². The van der Waals surface area contributed by atoms with Crippen molar-refractivity contribution in [3.05, 3.63) is 23.5 Å². The molecule has 2 unspecified atom stereocenters. The van der Waals surface area contributed by atoms with Crippen LogP contribution in [0.25, 0.3) is 4.96 Å². The molecule has 16 heavy (non-hydrogen) atoms. The van der Waals surface area contributed by atoms with E-state index in [0.29, 0.717) is 11.5 Å². The first-order chi connectivity index (χ1) is 7.65. The summed E-state index contributed by atoms with van der Waals surface area (Å²) in [6, 6.07) is 0.120. The highest BCUT2D eigenvalue weighted by atomic mass is 32.2. The van der Waals surface area contributed by atoms with Crippen molar-refractivity contribution in [1.82, 2.24) is 9.38 Å². The van der Waals surface area contributed by atoms with E-state index in [2.05, 4.69) is 4.98 Å². The van der Waals surface area contributed by atoms with Crippen LogP contribution in [0.4, 0.5) is 0 Å². The van der Waals surface area contributed by atoms with Gasteiger partial charge >= 0.3 is 0 Å². The van der Waals surface area contributed by atoms with E-state index in [0.717, 1.165) is 17.1 Å². The number of nitrogens with zero attached hydrogens (tertiary/aromatic N) is 2. The molecule has 0 amide bonds. The molecule has 0 aromatic carbocycles. The van der Waals surface area contributed by atoms with Crippen molar-refractivity contribution >= 4 is 27.1 Å². The zero-order valence-electron chi connectivity index (χ0n) is 9.13. The second kappa shape index (κ2) is 5.07. The molecule has 0 aliphatic rings. The average molecular weight is 257 g/mol. The normalized spacial score (nSPS) is 15.4. The molecule has 88 valence electrons. The highest BCUT2D eigenvalue weighted by Gasteiger charge is 2.07. The number of hydrogen-bond acceptors (Lipinski definition) is 4.